The fourth-order valence-corrected chi connectivity index (χ4v) is 2.17. The molecular weight excluding hydrogens is 238 g/mol. The summed E-state index contributed by atoms with van der Waals surface area (Å²) in [6.07, 6.45) is 0.946. The Morgan fingerprint density at radius 2 is 1.84 bits per heavy atom. The van der Waals surface area contributed by atoms with Crippen LogP contribution in [0.15, 0.2) is 53.5 Å². The highest BCUT2D eigenvalue weighted by Crippen LogP contribution is 2.33. The molecule has 3 N–H and O–H groups in total. The minimum atomic E-state index is -0.711. The molecule has 0 aromatic heterocycles. The van der Waals surface area contributed by atoms with Gasteiger partial charge in [-0.1, -0.05) is 30.3 Å². The van der Waals surface area contributed by atoms with Crippen LogP contribution in [0.5, 0.6) is 0 Å². The number of nitrogens with two attached hydrogens (primary N) is 1. The van der Waals surface area contributed by atoms with Gasteiger partial charge in [0.25, 0.3) is 0 Å². The first kappa shape index (κ1) is 11.9. The highest BCUT2D eigenvalue weighted by Gasteiger charge is 2.22. The molecule has 0 aliphatic carbocycles. The van der Waals surface area contributed by atoms with Crippen molar-refractivity contribution in [3.63, 3.8) is 0 Å². The smallest absolute Gasteiger partial charge is 0.160 e. The standard InChI is InChI=1S/C15H15N3O/c16-9-11-5-7-12(8-6-11)18-10-17-14-4-2-1-3-13(14)15(18)19/h1-8,10,15,19H,9,16H2. The number of nitrogens with zero attached hydrogens (tertiary/aromatic N) is 2. The monoisotopic (exact) mass is 253 g/mol. The van der Waals surface area contributed by atoms with E-state index in [1.807, 2.05) is 48.5 Å². The maximum Gasteiger partial charge on any atom is 0.160 e. The molecule has 3 rings (SSSR count). The van der Waals surface area contributed by atoms with Gasteiger partial charge in [0.15, 0.2) is 6.23 Å². The van der Waals surface area contributed by atoms with E-state index in [1.54, 1.807) is 11.2 Å². The summed E-state index contributed by atoms with van der Waals surface area (Å²) >= 11 is 0. The first-order valence-corrected chi connectivity index (χ1v) is 6.18. The molecule has 0 saturated carbocycles. The third kappa shape index (κ3) is 2.12. The van der Waals surface area contributed by atoms with Gasteiger partial charge in [-0.3, -0.25) is 0 Å². The Labute approximate surface area is 111 Å². The van der Waals surface area contributed by atoms with E-state index in [9.17, 15) is 5.11 Å². The second kappa shape index (κ2) is 4.84. The second-order valence-corrected chi connectivity index (χ2v) is 4.45. The summed E-state index contributed by atoms with van der Waals surface area (Å²) in [5, 5.41) is 10.4. The fraction of sp³-hybridized carbons (Fsp3) is 0.133. The van der Waals surface area contributed by atoms with Crippen molar-refractivity contribution in [2.45, 2.75) is 12.8 Å². The Balaban J connectivity index is 1.95. The highest BCUT2D eigenvalue weighted by molar-refractivity contribution is 5.85. The second-order valence-electron chi connectivity index (χ2n) is 4.45. The molecule has 0 fully saturated rings. The maximum absolute atomic E-state index is 10.4. The van der Waals surface area contributed by atoms with Crippen molar-refractivity contribution in [1.29, 1.82) is 0 Å². The van der Waals surface area contributed by atoms with Gasteiger partial charge >= 0.3 is 0 Å². The summed E-state index contributed by atoms with van der Waals surface area (Å²) < 4.78 is 0. The molecule has 1 heterocycles. The van der Waals surface area contributed by atoms with E-state index < -0.39 is 6.23 Å². The number of anilines is 1. The predicted molar refractivity (Wildman–Crippen MR) is 76.4 cm³/mol. The van der Waals surface area contributed by atoms with Gasteiger partial charge in [0, 0.05) is 17.8 Å². The van der Waals surface area contributed by atoms with Gasteiger partial charge in [-0.05, 0) is 23.8 Å². The maximum atomic E-state index is 10.4. The van der Waals surface area contributed by atoms with Crippen molar-refractivity contribution in [3.05, 3.63) is 59.7 Å². The number of aliphatic hydroxyl groups is 1. The summed E-state index contributed by atoms with van der Waals surface area (Å²) in [4.78, 5) is 6.10. The summed E-state index contributed by atoms with van der Waals surface area (Å²) in [7, 11) is 0. The van der Waals surface area contributed by atoms with Crippen LogP contribution in [0.25, 0.3) is 0 Å². The van der Waals surface area contributed by atoms with Gasteiger partial charge in [-0.2, -0.15) is 0 Å². The van der Waals surface area contributed by atoms with E-state index in [1.165, 1.54) is 0 Å². The Morgan fingerprint density at radius 1 is 1.11 bits per heavy atom. The average molecular weight is 253 g/mol. The highest BCUT2D eigenvalue weighted by atomic mass is 16.3. The zero-order valence-electron chi connectivity index (χ0n) is 10.4. The van der Waals surface area contributed by atoms with E-state index >= 15 is 0 Å². The predicted octanol–water partition coefficient (Wildman–Crippen LogP) is 2.32. The summed E-state index contributed by atoms with van der Waals surface area (Å²) in [6.45, 7) is 0.514. The fourth-order valence-electron chi connectivity index (χ4n) is 2.17. The minimum Gasteiger partial charge on any atom is -0.369 e. The van der Waals surface area contributed by atoms with Gasteiger partial charge in [0.05, 0.1) is 12.0 Å². The lowest BCUT2D eigenvalue weighted by Gasteiger charge is -2.30. The van der Waals surface area contributed by atoms with Crippen LogP contribution in [0.1, 0.15) is 17.4 Å². The lowest BCUT2D eigenvalue weighted by Crippen LogP contribution is -2.29. The Kier molecular flexibility index (Phi) is 3.03. The molecule has 96 valence electrons. The molecule has 0 radical (unpaired) electrons. The molecule has 1 aliphatic rings. The lowest BCUT2D eigenvalue weighted by atomic mass is 10.1. The summed E-state index contributed by atoms with van der Waals surface area (Å²) in [6, 6.07) is 15.4. The quantitative estimate of drug-likeness (QED) is 0.863. The van der Waals surface area contributed by atoms with Crippen LogP contribution in [0.3, 0.4) is 0 Å². The lowest BCUT2D eigenvalue weighted by molar-refractivity contribution is 0.188. The Hall–Kier alpha value is -2.17. The van der Waals surface area contributed by atoms with Crippen LogP contribution >= 0.6 is 0 Å². The van der Waals surface area contributed by atoms with E-state index in [0.717, 1.165) is 22.5 Å². The van der Waals surface area contributed by atoms with Gasteiger partial charge in [-0.15, -0.1) is 0 Å². The van der Waals surface area contributed by atoms with Crippen LogP contribution in [0.2, 0.25) is 0 Å². The molecule has 1 atom stereocenters. The Morgan fingerprint density at radius 3 is 2.58 bits per heavy atom. The first-order chi connectivity index (χ1) is 9.29. The third-order valence-corrected chi connectivity index (χ3v) is 3.27. The van der Waals surface area contributed by atoms with Crippen molar-refractivity contribution >= 4 is 17.7 Å². The number of aliphatic imine (C=N–C) groups is 1. The molecule has 0 saturated heterocycles. The zero-order valence-corrected chi connectivity index (χ0v) is 10.4. The molecular formula is C15H15N3O. The summed E-state index contributed by atoms with van der Waals surface area (Å²) in [5.74, 6) is 0. The zero-order chi connectivity index (χ0) is 13.2. The summed E-state index contributed by atoms with van der Waals surface area (Å²) in [5.41, 5.74) is 9.16. The van der Waals surface area contributed by atoms with E-state index in [-0.39, 0.29) is 0 Å². The largest absolute Gasteiger partial charge is 0.369 e. The molecule has 1 aliphatic heterocycles. The number of para-hydroxylation sites is 1. The van der Waals surface area contributed by atoms with Crippen molar-refractivity contribution in [2.75, 3.05) is 4.90 Å². The molecule has 0 amide bonds. The van der Waals surface area contributed by atoms with E-state index in [0.29, 0.717) is 6.54 Å². The van der Waals surface area contributed by atoms with E-state index in [4.69, 9.17) is 5.73 Å². The Bertz CT molecular complexity index is 607. The number of fused-ring (bicyclic) bond motifs is 1. The number of rotatable bonds is 2. The minimum absolute atomic E-state index is 0.514. The molecule has 4 heteroatoms. The van der Waals surface area contributed by atoms with Crippen LogP contribution < -0.4 is 10.6 Å². The van der Waals surface area contributed by atoms with E-state index in [2.05, 4.69) is 4.99 Å². The molecule has 0 bridgehead atoms. The first-order valence-electron chi connectivity index (χ1n) is 6.18. The van der Waals surface area contributed by atoms with Gasteiger partial charge in [-0.25, -0.2) is 4.99 Å². The van der Waals surface area contributed by atoms with Gasteiger partial charge in [0.1, 0.15) is 0 Å². The van der Waals surface area contributed by atoms with Crippen molar-refractivity contribution in [2.24, 2.45) is 10.7 Å². The topological polar surface area (TPSA) is 61.8 Å². The van der Waals surface area contributed by atoms with Crippen LogP contribution in [-0.4, -0.2) is 11.4 Å². The number of hydrogen-bond acceptors (Lipinski definition) is 4. The molecule has 1 unspecified atom stereocenters. The van der Waals surface area contributed by atoms with Gasteiger partial charge in [0.2, 0.25) is 0 Å². The number of benzene rings is 2. The average Bonchev–Trinajstić information content (AvgIpc) is 2.48. The van der Waals surface area contributed by atoms with Crippen molar-refractivity contribution in [3.8, 4) is 0 Å². The molecule has 0 spiro atoms. The van der Waals surface area contributed by atoms with Crippen molar-refractivity contribution < 1.29 is 5.11 Å². The van der Waals surface area contributed by atoms with Crippen molar-refractivity contribution in [1.82, 2.24) is 0 Å². The normalized spacial score (nSPS) is 17.4. The SMILES string of the molecule is NCc1ccc(N2C=Nc3ccccc3C2O)cc1. The molecule has 19 heavy (non-hydrogen) atoms. The molecule has 2 aromatic rings. The van der Waals surface area contributed by atoms with Crippen LogP contribution in [-0.2, 0) is 6.54 Å². The molecule has 4 nitrogen and oxygen atoms in total. The number of hydrogen-bond donors (Lipinski definition) is 2. The molecule has 2 aromatic carbocycles. The van der Waals surface area contributed by atoms with Gasteiger partial charge < -0.3 is 15.7 Å². The number of aliphatic hydroxyl groups excluding tert-OH is 1. The third-order valence-electron chi connectivity index (χ3n) is 3.27. The van der Waals surface area contributed by atoms with Crippen LogP contribution in [0, 0.1) is 0 Å². The van der Waals surface area contributed by atoms with Crippen LogP contribution in [0.4, 0.5) is 11.4 Å².